The van der Waals surface area contributed by atoms with Crippen LogP contribution in [0.1, 0.15) is 12.1 Å². The molecule has 4 nitrogen and oxygen atoms in total. The van der Waals surface area contributed by atoms with Crippen LogP contribution in [-0.2, 0) is 18.3 Å². The number of carbonyl (C=O) groups excluding carboxylic acids is 1. The van der Waals surface area contributed by atoms with Crippen LogP contribution >= 0.6 is 11.6 Å². The normalized spacial score (nSPS) is 10.1. The van der Waals surface area contributed by atoms with Gasteiger partial charge in [-0.25, -0.2) is 4.98 Å². The van der Waals surface area contributed by atoms with Crippen LogP contribution in [0.3, 0.4) is 0 Å². The zero-order valence-electron chi connectivity index (χ0n) is 8.16. The number of nitrogens with zero attached hydrogens (tertiary/aromatic N) is 2. The average molecular weight is 216 g/mol. The number of rotatable bonds is 5. The molecule has 0 saturated carbocycles. The summed E-state index contributed by atoms with van der Waals surface area (Å²) in [6, 6.07) is 0. The maximum Gasteiger partial charge on any atom is 0.221 e. The summed E-state index contributed by atoms with van der Waals surface area (Å²) >= 11 is 5.42. The van der Waals surface area contributed by atoms with Crippen molar-refractivity contribution >= 4 is 17.5 Å². The van der Waals surface area contributed by atoms with Gasteiger partial charge in [-0.1, -0.05) is 0 Å². The smallest absolute Gasteiger partial charge is 0.221 e. The van der Waals surface area contributed by atoms with E-state index in [1.54, 1.807) is 6.33 Å². The Bertz CT molecular complexity index is 298. The van der Waals surface area contributed by atoms with Crippen LogP contribution in [0, 0.1) is 0 Å². The molecule has 0 aliphatic heterocycles. The summed E-state index contributed by atoms with van der Waals surface area (Å²) in [6.45, 7) is 0.618. The molecule has 0 spiro atoms. The lowest BCUT2D eigenvalue weighted by molar-refractivity contribution is -0.120. The van der Waals surface area contributed by atoms with Gasteiger partial charge in [0.15, 0.2) is 0 Å². The number of amides is 1. The van der Waals surface area contributed by atoms with E-state index in [0.29, 0.717) is 18.8 Å². The summed E-state index contributed by atoms with van der Waals surface area (Å²) in [5.41, 5.74) is 0.985. The summed E-state index contributed by atoms with van der Waals surface area (Å²) in [5, 5.41) is 2.77. The van der Waals surface area contributed by atoms with E-state index in [1.807, 2.05) is 17.8 Å². The van der Waals surface area contributed by atoms with Crippen LogP contribution in [-0.4, -0.2) is 27.9 Å². The van der Waals surface area contributed by atoms with E-state index in [4.69, 9.17) is 11.6 Å². The second-order valence-electron chi connectivity index (χ2n) is 3.07. The zero-order chi connectivity index (χ0) is 10.4. The van der Waals surface area contributed by atoms with Crippen LogP contribution in [0.5, 0.6) is 0 Å². The Balaban J connectivity index is 2.18. The van der Waals surface area contributed by atoms with Crippen LogP contribution in [0.2, 0.25) is 0 Å². The zero-order valence-corrected chi connectivity index (χ0v) is 8.92. The first kappa shape index (κ1) is 11.0. The van der Waals surface area contributed by atoms with Gasteiger partial charge >= 0.3 is 0 Å². The molecule has 1 rings (SSSR count). The molecule has 5 heteroatoms. The van der Waals surface area contributed by atoms with Gasteiger partial charge in [-0.05, 0) is 0 Å². The van der Waals surface area contributed by atoms with Gasteiger partial charge in [-0.15, -0.1) is 11.6 Å². The summed E-state index contributed by atoms with van der Waals surface area (Å²) < 4.78 is 1.88. The lowest BCUT2D eigenvalue weighted by Crippen LogP contribution is -2.25. The SMILES string of the molecule is Cn1cnc(CCNC(=O)CCCl)c1. The van der Waals surface area contributed by atoms with Crippen LogP contribution in [0.4, 0.5) is 0 Å². The second kappa shape index (κ2) is 5.65. The Hall–Kier alpha value is -1.03. The molecule has 0 atom stereocenters. The second-order valence-corrected chi connectivity index (χ2v) is 3.45. The number of imidazole rings is 1. The van der Waals surface area contributed by atoms with Crippen molar-refractivity contribution in [1.82, 2.24) is 14.9 Å². The maximum atomic E-state index is 11.0. The van der Waals surface area contributed by atoms with E-state index in [9.17, 15) is 4.79 Å². The fraction of sp³-hybridized carbons (Fsp3) is 0.556. The van der Waals surface area contributed by atoms with E-state index in [1.165, 1.54) is 0 Å². The average Bonchev–Trinajstić information content (AvgIpc) is 2.52. The minimum Gasteiger partial charge on any atom is -0.356 e. The Kier molecular flexibility index (Phi) is 4.46. The topological polar surface area (TPSA) is 46.9 Å². The molecule has 0 unspecified atom stereocenters. The fourth-order valence-corrected chi connectivity index (χ4v) is 1.27. The van der Waals surface area contributed by atoms with E-state index in [-0.39, 0.29) is 5.91 Å². The van der Waals surface area contributed by atoms with Gasteiger partial charge in [-0.2, -0.15) is 0 Å². The molecule has 0 radical (unpaired) electrons. The largest absolute Gasteiger partial charge is 0.356 e. The summed E-state index contributed by atoms with van der Waals surface area (Å²) in [7, 11) is 1.92. The standard InChI is InChI=1S/C9H14ClN3O/c1-13-6-8(12-7-13)3-5-11-9(14)2-4-10/h6-7H,2-5H2,1H3,(H,11,14). The Labute approximate surface area is 88.3 Å². The van der Waals surface area contributed by atoms with Crippen LogP contribution < -0.4 is 5.32 Å². The predicted octanol–water partition coefficient (Wildman–Crippen LogP) is 0.708. The molecule has 0 aliphatic carbocycles. The van der Waals surface area contributed by atoms with E-state index in [2.05, 4.69) is 10.3 Å². The highest BCUT2D eigenvalue weighted by molar-refractivity contribution is 6.18. The molecule has 1 aromatic heterocycles. The molecule has 0 bridgehead atoms. The first-order valence-electron chi connectivity index (χ1n) is 4.52. The molecule has 1 heterocycles. The van der Waals surface area contributed by atoms with Gasteiger partial charge < -0.3 is 9.88 Å². The van der Waals surface area contributed by atoms with Gasteiger partial charge in [0.2, 0.25) is 5.91 Å². The van der Waals surface area contributed by atoms with Crippen molar-refractivity contribution in [3.05, 3.63) is 18.2 Å². The molecule has 1 N–H and O–H groups in total. The van der Waals surface area contributed by atoms with E-state index < -0.39 is 0 Å². The number of aryl methyl sites for hydroxylation is 1. The highest BCUT2D eigenvalue weighted by Gasteiger charge is 2.00. The number of hydrogen-bond acceptors (Lipinski definition) is 2. The van der Waals surface area contributed by atoms with Gasteiger partial charge in [0.25, 0.3) is 0 Å². The third-order valence-corrected chi connectivity index (χ3v) is 1.97. The number of halogens is 1. The van der Waals surface area contributed by atoms with Crippen molar-refractivity contribution in [2.45, 2.75) is 12.8 Å². The molecule has 1 aromatic rings. The minimum absolute atomic E-state index is 0.00377. The molecule has 1 amide bonds. The summed E-state index contributed by atoms with van der Waals surface area (Å²) in [5.74, 6) is 0.367. The van der Waals surface area contributed by atoms with Crippen molar-refractivity contribution in [2.24, 2.45) is 7.05 Å². The van der Waals surface area contributed by atoms with Crippen molar-refractivity contribution in [3.8, 4) is 0 Å². The van der Waals surface area contributed by atoms with Gasteiger partial charge in [0, 0.05) is 38.5 Å². The highest BCUT2D eigenvalue weighted by Crippen LogP contribution is 1.94. The number of alkyl halides is 1. The summed E-state index contributed by atoms with van der Waals surface area (Å²) in [4.78, 5) is 15.2. The molecule has 0 fully saturated rings. The molecular formula is C9H14ClN3O. The third-order valence-electron chi connectivity index (χ3n) is 1.78. The van der Waals surface area contributed by atoms with E-state index in [0.717, 1.165) is 12.1 Å². The quantitative estimate of drug-likeness (QED) is 0.736. The predicted molar refractivity (Wildman–Crippen MR) is 55.3 cm³/mol. The molecule has 14 heavy (non-hydrogen) atoms. The molecule has 0 aliphatic rings. The third kappa shape index (κ3) is 3.79. The van der Waals surface area contributed by atoms with E-state index >= 15 is 0 Å². The van der Waals surface area contributed by atoms with Crippen molar-refractivity contribution in [1.29, 1.82) is 0 Å². The first-order chi connectivity index (χ1) is 6.72. The van der Waals surface area contributed by atoms with Crippen molar-refractivity contribution in [3.63, 3.8) is 0 Å². The maximum absolute atomic E-state index is 11.0. The summed E-state index contributed by atoms with van der Waals surface area (Å²) in [6.07, 6.45) is 4.82. The molecule has 0 saturated heterocycles. The number of hydrogen-bond donors (Lipinski definition) is 1. The van der Waals surface area contributed by atoms with Gasteiger partial charge in [-0.3, -0.25) is 4.79 Å². The van der Waals surface area contributed by atoms with Gasteiger partial charge in [0.1, 0.15) is 0 Å². The lowest BCUT2D eigenvalue weighted by atomic mass is 10.3. The molecular weight excluding hydrogens is 202 g/mol. The Morgan fingerprint density at radius 2 is 2.50 bits per heavy atom. The Morgan fingerprint density at radius 1 is 1.71 bits per heavy atom. The number of aromatic nitrogens is 2. The lowest BCUT2D eigenvalue weighted by Gasteiger charge is -2.01. The molecule has 0 aromatic carbocycles. The van der Waals surface area contributed by atoms with Crippen LogP contribution in [0.15, 0.2) is 12.5 Å². The first-order valence-corrected chi connectivity index (χ1v) is 5.05. The van der Waals surface area contributed by atoms with Crippen LogP contribution in [0.25, 0.3) is 0 Å². The number of carbonyl (C=O) groups is 1. The van der Waals surface area contributed by atoms with Gasteiger partial charge in [0.05, 0.1) is 12.0 Å². The monoisotopic (exact) mass is 215 g/mol. The Morgan fingerprint density at radius 3 is 3.07 bits per heavy atom. The minimum atomic E-state index is -0.00377. The number of nitrogens with one attached hydrogen (secondary N) is 1. The highest BCUT2D eigenvalue weighted by atomic mass is 35.5. The molecule has 78 valence electrons. The van der Waals surface area contributed by atoms with Crippen molar-refractivity contribution in [2.75, 3.05) is 12.4 Å². The van der Waals surface area contributed by atoms with Crippen molar-refractivity contribution < 1.29 is 4.79 Å². The fourth-order valence-electron chi connectivity index (χ4n) is 1.10.